The van der Waals surface area contributed by atoms with Crippen LogP contribution in [0, 0.1) is 0 Å². The summed E-state index contributed by atoms with van der Waals surface area (Å²) in [5.74, 6) is -0.418. The summed E-state index contributed by atoms with van der Waals surface area (Å²) in [6.45, 7) is 5.23. The molecular weight excluding hydrogens is 274 g/mol. The summed E-state index contributed by atoms with van der Waals surface area (Å²) >= 11 is 0. The van der Waals surface area contributed by atoms with Gasteiger partial charge in [-0.25, -0.2) is 0 Å². The van der Waals surface area contributed by atoms with Gasteiger partial charge >= 0.3 is 5.97 Å². The Morgan fingerprint density at radius 3 is 2.52 bits per heavy atom. The predicted octanol–water partition coefficient (Wildman–Crippen LogP) is -0.584. The number of aryl methyl sites for hydroxylation is 1. The van der Waals surface area contributed by atoms with Crippen LogP contribution in [0.4, 0.5) is 5.69 Å². The zero-order chi connectivity index (χ0) is 15.4. The van der Waals surface area contributed by atoms with Gasteiger partial charge in [0.25, 0.3) is 5.91 Å². The number of nitrogens with zero attached hydrogens (tertiary/aromatic N) is 4. The SMILES string of the molecule is CCn1cc(N)c(C(=O)N2CCN(CC(=O)OC)CC2)n1. The molecule has 0 saturated carbocycles. The number of amides is 1. The van der Waals surface area contributed by atoms with E-state index >= 15 is 0 Å². The van der Waals surface area contributed by atoms with Crippen molar-refractivity contribution in [2.45, 2.75) is 13.5 Å². The number of anilines is 1. The quantitative estimate of drug-likeness (QED) is 0.747. The summed E-state index contributed by atoms with van der Waals surface area (Å²) in [5.41, 5.74) is 6.54. The van der Waals surface area contributed by atoms with Gasteiger partial charge in [0, 0.05) is 38.9 Å². The lowest BCUT2D eigenvalue weighted by molar-refractivity contribution is -0.142. The minimum Gasteiger partial charge on any atom is -0.468 e. The Balaban J connectivity index is 1.93. The molecule has 0 atom stereocenters. The molecule has 1 aliphatic rings. The molecule has 0 bridgehead atoms. The summed E-state index contributed by atoms with van der Waals surface area (Å²) < 4.78 is 6.29. The molecule has 0 aliphatic carbocycles. The van der Waals surface area contributed by atoms with Crippen molar-refractivity contribution in [1.29, 1.82) is 0 Å². The number of rotatable bonds is 4. The van der Waals surface area contributed by atoms with Crippen molar-refractivity contribution in [2.75, 3.05) is 45.6 Å². The fourth-order valence-electron chi connectivity index (χ4n) is 2.27. The molecule has 1 saturated heterocycles. The van der Waals surface area contributed by atoms with Crippen molar-refractivity contribution in [3.05, 3.63) is 11.9 Å². The molecule has 0 aromatic carbocycles. The highest BCUT2D eigenvalue weighted by Gasteiger charge is 2.26. The summed E-state index contributed by atoms with van der Waals surface area (Å²) in [7, 11) is 1.37. The topological polar surface area (TPSA) is 93.7 Å². The predicted molar refractivity (Wildman–Crippen MR) is 76.7 cm³/mol. The minimum atomic E-state index is -0.263. The lowest BCUT2D eigenvalue weighted by Gasteiger charge is -2.33. The van der Waals surface area contributed by atoms with Crippen LogP contribution >= 0.6 is 0 Å². The van der Waals surface area contributed by atoms with Crippen LogP contribution < -0.4 is 5.73 Å². The second-order valence-electron chi connectivity index (χ2n) is 4.93. The van der Waals surface area contributed by atoms with Crippen molar-refractivity contribution in [1.82, 2.24) is 19.6 Å². The Kier molecular flexibility index (Phi) is 4.79. The summed E-state index contributed by atoms with van der Waals surface area (Å²) in [4.78, 5) is 27.3. The molecule has 21 heavy (non-hydrogen) atoms. The molecular formula is C13H21N5O3. The smallest absolute Gasteiger partial charge is 0.319 e. The van der Waals surface area contributed by atoms with E-state index in [0.717, 1.165) is 0 Å². The fourth-order valence-corrected chi connectivity index (χ4v) is 2.27. The lowest BCUT2D eigenvalue weighted by atomic mass is 10.2. The van der Waals surface area contributed by atoms with Crippen LogP contribution in [0.25, 0.3) is 0 Å². The van der Waals surface area contributed by atoms with Crippen LogP contribution in [-0.4, -0.2) is 71.3 Å². The molecule has 1 amide bonds. The summed E-state index contributed by atoms with van der Waals surface area (Å²) in [6, 6.07) is 0. The standard InChI is InChI=1S/C13H21N5O3/c1-3-18-8-10(14)12(15-18)13(20)17-6-4-16(5-7-17)9-11(19)21-2/h8H,3-7,9,14H2,1-2H3. The van der Waals surface area contributed by atoms with Gasteiger partial charge in [-0.15, -0.1) is 0 Å². The maximum absolute atomic E-state index is 12.4. The number of nitrogens with two attached hydrogens (primary N) is 1. The molecule has 2 heterocycles. The molecule has 2 N–H and O–H groups in total. The van der Waals surface area contributed by atoms with E-state index in [0.29, 0.717) is 44.1 Å². The van der Waals surface area contributed by atoms with E-state index in [1.165, 1.54) is 7.11 Å². The van der Waals surface area contributed by atoms with Crippen molar-refractivity contribution < 1.29 is 14.3 Å². The number of hydrogen-bond donors (Lipinski definition) is 1. The van der Waals surface area contributed by atoms with E-state index in [2.05, 4.69) is 9.84 Å². The van der Waals surface area contributed by atoms with Gasteiger partial charge in [-0.05, 0) is 6.92 Å². The summed E-state index contributed by atoms with van der Waals surface area (Å²) in [5, 5.41) is 4.20. The Morgan fingerprint density at radius 1 is 1.33 bits per heavy atom. The Labute approximate surface area is 123 Å². The molecule has 1 fully saturated rings. The van der Waals surface area contributed by atoms with Gasteiger partial charge in [0.2, 0.25) is 0 Å². The number of esters is 1. The number of ether oxygens (including phenoxy) is 1. The largest absolute Gasteiger partial charge is 0.468 e. The Bertz CT molecular complexity index is 520. The van der Waals surface area contributed by atoms with E-state index in [1.807, 2.05) is 11.8 Å². The van der Waals surface area contributed by atoms with E-state index in [1.54, 1.807) is 15.8 Å². The van der Waals surface area contributed by atoms with E-state index in [-0.39, 0.29) is 18.4 Å². The number of methoxy groups -OCH3 is 1. The second-order valence-corrected chi connectivity index (χ2v) is 4.93. The molecule has 1 aromatic rings. The normalized spacial score (nSPS) is 16.0. The lowest BCUT2D eigenvalue weighted by Crippen LogP contribution is -2.50. The minimum absolute atomic E-state index is 0.155. The monoisotopic (exact) mass is 295 g/mol. The zero-order valence-corrected chi connectivity index (χ0v) is 12.4. The maximum Gasteiger partial charge on any atom is 0.319 e. The van der Waals surface area contributed by atoms with Gasteiger partial charge in [-0.3, -0.25) is 19.2 Å². The number of hydrogen-bond acceptors (Lipinski definition) is 6. The maximum atomic E-state index is 12.4. The van der Waals surface area contributed by atoms with Crippen molar-refractivity contribution in [2.24, 2.45) is 0 Å². The fraction of sp³-hybridized carbons (Fsp3) is 0.615. The van der Waals surface area contributed by atoms with Crippen molar-refractivity contribution in [3.63, 3.8) is 0 Å². The Morgan fingerprint density at radius 2 is 2.00 bits per heavy atom. The molecule has 8 heteroatoms. The molecule has 1 aliphatic heterocycles. The first kappa shape index (κ1) is 15.3. The molecule has 8 nitrogen and oxygen atoms in total. The number of nitrogen functional groups attached to an aromatic ring is 1. The van der Waals surface area contributed by atoms with E-state index in [9.17, 15) is 9.59 Å². The van der Waals surface area contributed by atoms with Crippen molar-refractivity contribution in [3.8, 4) is 0 Å². The molecule has 0 unspecified atom stereocenters. The van der Waals surface area contributed by atoms with E-state index in [4.69, 9.17) is 5.73 Å². The number of carbonyl (C=O) groups excluding carboxylic acids is 2. The highest BCUT2D eigenvalue weighted by molar-refractivity contribution is 5.97. The van der Waals surface area contributed by atoms with Crippen LogP contribution in [0.1, 0.15) is 17.4 Å². The Hall–Kier alpha value is -2.09. The first-order chi connectivity index (χ1) is 10.0. The highest BCUT2D eigenvalue weighted by Crippen LogP contribution is 2.14. The molecule has 1 aromatic heterocycles. The average Bonchev–Trinajstić information content (AvgIpc) is 2.88. The number of carbonyl (C=O) groups is 2. The first-order valence-electron chi connectivity index (χ1n) is 6.96. The van der Waals surface area contributed by atoms with Gasteiger partial charge in [0.15, 0.2) is 5.69 Å². The van der Waals surface area contributed by atoms with E-state index < -0.39 is 0 Å². The van der Waals surface area contributed by atoms with Crippen LogP contribution in [0.2, 0.25) is 0 Å². The van der Waals surface area contributed by atoms with Crippen LogP contribution in [0.15, 0.2) is 6.20 Å². The molecule has 2 rings (SSSR count). The summed E-state index contributed by atoms with van der Waals surface area (Å²) in [6.07, 6.45) is 1.67. The van der Waals surface area contributed by atoms with Gasteiger partial charge in [-0.1, -0.05) is 0 Å². The van der Waals surface area contributed by atoms with Gasteiger partial charge in [-0.2, -0.15) is 5.10 Å². The average molecular weight is 295 g/mol. The van der Waals surface area contributed by atoms with Gasteiger partial charge < -0.3 is 15.4 Å². The number of piperazine rings is 1. The molecule has 116 valence electrons. The zero-order valence-electron chi connectivity index (χ0n) is 12.4. The second kappa shape index (κ2) is 6.57. The van der Waals surface area contributed by atoms with Crippen LogP contribution in [0.5, 0.6) is 0 Å². The third-order valence-corrected chi connectivity index (χ3v) is 3.56. The number of aromatic nitrogens is 2. The van der Waals surface area contributed by atoms with Crippen LogP contribution in [-0.2, 0) is 16.1 Å². The molecule has 0 radical (unpaired) electrons. The third kappa shape index (κ3) is 3.52. The third-order valence-electron chi connectivity index (χ3n) is 3.56. The van der Waals surface area contributed by atoms with Crippen LogP contribution in [0.3, 0.4) is 0 Å². The molecule has 0 spiro atoms. The van der Waals surface area contributed by atoms with Gasteiger partial charge in [0.1, 0.15) is 0 Å². The van der Waals surface area contributed by atoms with Crippen molar-refractivity contribution >= 4 is 17.6 Å². The first-order valence-corrected chi connectivity index (χ1v) is 6.96. The van der Waals surface area contributed by atoms with Gasteiger partial charge in [0.05, 0.1) is 19.3 Å². The highest BCUT2D eigenvalue weighted by atomic mass is 16.5.